The quantitative estimate of drug-likeness (QED) is 0.903. The summed E-state index contributed by atoms with van der Waals surface area (Å²) in [6.45, 7) is 0. The monoisotopic (exact) mass is 266 g/mol. The summed E-state index contributed by atoms with van der Waals surface area (Å²) >= 11 is 3.54. The van der Waals surface area contributed by atoms with Crippen molar-refractivity contribution in [3.63, 3.8) is 0 Å². The van der Waals surface area contributed by atoms with Crippen LogP contribution in [-0.2, 0) is 0 Å². The first-order valence-electron chi connectivity index (χ1n) is 5.70. The Morgan fingerprint density at radius 1 is 1.27 bits per heavy atom. The van der Waals surface area contributed by atoms with E-state index >= 15 is 0 Å². The highest BCUT2D eigenvalue weighted by molar-refractivity contribution is 9.10. The van der Waals surface area contributed by atoms with Gasteiger partial charge < -0.3 is 5.32 Å². The molecular formula is C12H15BrN2. The van der Waals surface area contributed by atoms with Crippen LogP contribution in [0.5, 0.6) is 0 Å². The highest BCUT2D eigenvalue weighted by Gasteiger charge is 2.41. The van der Waals surface area contributed by atoms with Crippen molar-refractivity contribution in [1.29, 1.82) is 0 Å². The van der Waals surface area contributed by atoms with Crippen LogP contribution in [-0.4, -0.2) is 11.0 Å². The fourth-order valence-corrected chi connectivity index (χ4v) is 2.57. The van der Waals surface area contributed by atoms with Gasteiger partial charge in [-0.15, -0.1) is 0 Å². The molecule has 2 aliphatic rings. The lowest BCUT2D eigenvalue weighted by Crippen LogP contribution is -2.24. The standard InChI is InChI=1S/C12H15BrN2/c13-10-7-14-6-5-11(10)15-12(8-1-2-8)9-3-4-9/h5-9,12H,1-4H2,(H,14,15). The number of hydrogen-bond donors (Lipinski definition) is 1. The summed E-state index contributed by atoms with van der Waals surface area (Å²) < 4.78 is 1.08. The lowest BCUT2D eigenvalue weighted by molar-refractivity contribution is 0.567. The second kappa shape index (κ2) is 3.78. The van der Waals surface area contributed by atoms with E-state index in [1.165, 1.54) is 31.4 Å². The first-order valence-corrected chi connectivity index (χ1v) is 6.50. The van der Waals surface area contributed by atoms with E-state index in [0.29, 0.717) is 6.04 Å². The topological polar surface area (TPSA) is 24.9 Å². The molecule has 1 heterocycles. The Morgan fingerprint density at radius 3 is 2.47 bits per heavy atom. The molecule has 0 saturated heterocycles. The fraction of sp³-hybridized carbons (Fsp3) is 0.583. The van der Waals surface area contributed by atoms with E-state index in [-0.39, 0.29) is 0 Å². The lowest BCUT2D eigenvalue weighted by atomic mass is 10.1. The maximum absolute atomic E-state index is 4.09. The number of rotatable bonds is 4. The lowest BCUT2D eigenvalue weighted by Gasteiger charge is -2.19. The molecule has 1 N–H and O–H groups in total. The summed E-state index contributed by atoms with van der Waals surface area (Å²) in [7, 11) is 0. The highest BCUT2D eigenvalue weighted by atomic mass is 79.9. The van der Waals surface area contributed by atoms with Gasteiger partial charge in [-0.1, -0.05) is 0 Å². The van der Waals surface area contributed by atoms with E-state index in [1.54, 1.807) is 0 Å². The molecule has 15 heavy (non-hydrogen) atoms. The number of hydrogen-bond acceptors (Lipinski definition) is 2. The van der Waals surface area contributed by atoms with Gasteiger partial charge in [0.2, 0.25) is 0 Å². The van der Waals surface area contributed by atoms with Crippen molar-refractivity contribution in [3.8, 4) is 0 Å². The Morgan fingerprint density at radius 2 is 1.93 bits per heavy atom. The Balaban J connectivity index is 1.74. The minimum Gasteiger partial charge on any atom is -0.381 e. The highest BCUT2D eigenvalue weighted by Crippen LogP contribution is 2.46. The minimum absolute atomic E-state index is 0.712. The van der Waals surface area contributed by atoms with Crippen molar-refractivity contribution >= 4 is 21.6 Å². The van der Waals surface area contributed by atoms with Gasteiger partial charge in [0.1, 0.15) is 0 Å². The predicted molar refractivity (Wildman–Crippen MR) is 64.8 cm³/mol. The average molecular weight is 267 g/mol. The molecule has 0 spiro atoms. The van der Waals surface area contributed by atoms with Crippen LogP contribution in [0.1, 0.15) is 25.7 Å². The molecule has 3 rings (SSSR count). The molecule has 0 amide bonds. The molecule has 0 bridgehead atoms. The third-order valence-corrected chi connectivity index (χ3v) is 3.99. The summed E-state index contributed by atoms with van der Waals surface area (Å²) in [5, 5.41) is 3.68. The van der Waals surface area contributed by atoms with Crippen molar-refractivity contribution in [3.05, 3.63) is 22.9 Å². The Hall–Kier alpha value is -0.570. The van der Waals surface area contributed by atoms with E-state index < -0.39 is 0 Å². The zero-order valence-electron chi connectivity index (χ0n) is 8.62. The first-order chi connectivity index (χ1) is 7.34. The van der Waals surface area contributed by atoms with Gasteiger partial charge in [0.25, 0.3) is 0 Å². The maximum atomic E-state index is 4.09. The molecule has 2 nitrogen and oxygen atoms in total. The van der Waals surface area contributed by atoms with Gasteiger partial charge in [0, 0.05) is 18.4 Å². The second-order valence-electron chi connectivity index (χ2n) is 4.70. The van der Waals surface area contributed by atoms with E-state index in [9.17, 15) is 0 Å². The summed E-state index contributed by atoms with van der Waals surface area (Å²) in [5.74, 6) is 1.86. The van der Waals surface area contributed by atoms with Crippen molar-refractivity contribution in [1.82, 2.24) is 4.98 Å². The number of aromatic nitrogens is 1. The van der Waals surface area contributed by atoms with Crippen LogP contribution in [0.2, 0.25) is 0 Å². The molecule has 2 aliphatic carbocycles. The maximum Gasteiger partial charge on any atom is 0.0590 e. The predicted octanol–water partition coefficient (Wildman–Crippen LogP) is 3.44. The Kier molecular flexibility index (Phi) is 2.43. The van der Waals surface area contributed by atoms with Gasteiger partial charge in [-0.3, -0.25) is 4.98 Å². The van der Waals surface area contributed by atoms with Crippen molar-refractivity contribution in [2.45, 2.75) is 31.7 Å². The smallest absolute Gasteiger partial charge is 0.0590 e. The average Bonchev–Trinajstić information content (AvgIpc) is 3.10. The van der Waals surface area contributed by atoms with Crippen LogP contribution in [0.25, 0.3) is 0 Å². The van der Waals surface area contributed by atoms with Gasteiger partial charge >= 0.3 is 0 Å². The molecule has 1 aromatic heterocycles. The van der Waals surface area contributed by atoms with Gasteiger partial charge in [0.15, 0.2) is 0 Å². The molecule has 0 aromatic carbocycles. The van der Waals surface area contributed by atoms with Gasteiger partial charge in [-0.2, -0.15) is 0 Å². The molecule has 80 valence electrons. The molecule has 0 atom stereocenters. The largest absolute Gasteiger partial charge is 0.381 e. The van der Waals surface area contributed by atoms with Gasteiger partial charge in [-0.25, -0.2) is 0 Å². The molecule has 0 radical (unpaired) electrons. The molecule has 0 unspecified atom stereocenters. The summed E-state index contributed by atoms with van der Waals surface area (Å²) in [4.78, 5) is 4.09. The van der Waals surface area contributed by atoms with Crippen molar-refractivity contribution < 1.29 is 0 Å². The van der Waals surface area contributed by atoms with Crippen molar-refractivity contribution in [2.24, 2.45) is 11.8 Å². The van der Waals surface area contributed by atoms with Crippen LogP contribution in [0, 0.1) is 11.8 Å². The normalized spacial score (nSPS) is 20.7. The summed E-state index contributed by atoms with van der Waals surface area (Å²) in [5.41, 5.74) is 1.20. The minimum atomic E-state index is 0.712. The van der Waals surface area contributed by atoms with Crippen LogP contribution in [0.4, 0.5) is 5.69 Å². The van der Waals surface area contributed by atoms with Gasteiger partial charge in [-0.05, 0) is 59.5 Å². The molecule has 2 saturated carbocycles. The SMILES string of the molecule is Brc1cnccc1NC(C1CC1)C1CC1. The zero-order chi connectivity index (χ0) is 10.3. The van der Waals surface area contributed by atoms with Crippen LogP contribution < -0.4 is 5.32 Å². The number of nitrogens with zero attached hydrogens (tertiary/aromatic N) is 1. The van der Waals surface area contributed by atoms with Crippen LogP contribution in [0.3, 0.4) is 0 Å². The van der Waals surface area contributed by atoms with E-state index in [4.69, 9.17) is 0 Å². The van der Waals surface area contributed by atoms with E-state index in [2.05, 4.69) is 32.3 Å². The molecule has 3 heteroatoms. The number of nitrogens with one attached hydrogen (secondary N) is 1. The number of pyridine rings is 1. The van der Waals surface area contributed by atoms with Crippen LogP contribution >= 0.6 is 15.9 Å². The summed E-state index contributed by atoms with van der Waals surface area (Å²) in [6.07, 6.45) is 9.37. The molecule has 1 aromatic rings. The Bertz CT molecular complexity index is 346. The van der Waals surface area contributed by atoms with Gasteiger partial charge in [0.05, 0.1) is 10.2 Å². The van der Waals surface area contributed by atoms with E-state index in [0.717, 1.165) is 16.3 Å². The van der Waals surface area contributed by atoms with E-state index in [1.807, 2.05) is 12.4 Å². The summed E-state index contributed by atoms with van der Waals surface area (Å²) in [6, 6.07) is 2.77. The number of halogens is 1. The fourth-order valence-electron chi connectivity index (χ4n) is 2.20. The zero-order valence-corrected chi connectivity index (χ0v) is 10.2. The molecule has 0 aliphatic heterocycles. The third-order valence-electron chi connectivity index (χ3n) is 3.35. The van der Waals surface area contributed by atoms with Crippen molar-refractivity contribution in [2.75, 3.05) is 5.32 Å². The second-order valence-corrected chi connectivity index (χ2v) is 5.55. The molecular weight excluding hydrogens is 252 g/mol. The Labute approximate surface area is 98.6 Å². The van der Waals surface area contributed by atoms with Crippen LogP contribution in [0.15, 0.2) is 22.9 Å². The number of anilines is 1. The first kappa shape index (κ1) is 9.64. The molecule has 2 fully saturated rings. The third kappa shape index (κ3) is 2.17.